The Morgan fingerprint density at radius 2 is 2.15 bits per heavy atom. The van der Waals surface area contributed by atoms with Crippen molar-refractivity contribution >= 4 is 11.6 Å². The number of ether oxygens (including phenoxy) is 2. The summed E-state index contributed by atoms with van der Waals surface area (Å²) < 4.78 is 10.6. The van der Waals surface area contributed by atoms with Crippen molar-refractivity contribution < 1.29 is 14.3 Å². The maximum absolute atomic E-state index is 12.3. The number of anilines is 1. The minimum atomic E-state index is -0.874. The first kappa shape index (κ1) is 16.0. The first-order valence-electron chi connectivity index (χ1n) is 6.54. The quantitative estimate of drug-likeness (QED) is 0.867. The molecule has 0 aromatic heterocycles. The molecule has 1 aromatic carbocycles. The van der Waals surface area contributed by atoms with E-state index in [9.17, 15) is 4.79 Å². The number of amides is 1. The number of carbonyl (C=O) groups is 1. The van der Waals surface area contributed by atoms with Gasteiger partial charge in [0.2, 0.25) is 0 Å². The topological polar surface area (TPSA) is 71.3 Å². The summed E-state index contributed by atoms with van der Waals surface area (Å²) in [6.45, 7) is 5.96. The summed E-state index contributed by atoms with van der Waals surface area (Å²) in [6.07, 6.45) is 0.563. The van der Waals surface area contributed by atoms with Gasteiger partial charge >= 0.3 is 0 Å². The van der Waals surface area contributed by atoms with Crippen molar-refractivity contribution in [2.45, 2.75) is 32.8 Å². The van der Waals surface area contributed by atoms with Crippen LogP contribution in [0.1, 0.15) is 32.8 Å². The summed E-state index contributed by atoms with van der Waals surface area (Å²) >= 11 is 0. The highest BCUT2D eigenvalue weighted by atomic mass is 16.5. The Balaban J connectivity index is 2.94. The van der Waals surface area contributed by atoms with Crippen molar-refractivity contribution in [3.05, 3.63) is 23.8 Å². The molecule has 1 atom stereocenters. The molecule has 5 heteroatoms. The van der Waals surface area contributed by atoms with E-state index < -0.39 is 5.60 Å². The monoisotopic (exact) mass is 276 g/mol. The Morgan fingerprint density at radius 3 is 2.65 bits per heavy atom. The second kappa shape index (κ2) is 6.92. The maximum atomic E-state index is 12.3. The number of hydrogen-bond donors (Lipinski definition) is 1. The van der Waals surface area contributed by atoms with Crippen molar-refractivity contribution in [3.8, 4) is 11.8 Å². The molecule has 0 saturated carbocycles. The van der Waals surface area contributed by atoms with Crippen LogP contribution >= 0.6 is 0 Å². The number of nitriles is 1. The number of nitrogens with one attached hydrogen (secondary N) is 1. The Morgan fingerprint density at radius 1 is 1.45 bits per heavy atom. The van der Waals surface area contributed by atoms with E-state index in [1.165, 1.54) is 7.11 Å². The zero-order valence-corrected chi connectivity index (χ0v) is 12.3. The SMILES string of the molecule is CCO[C@](C)(CC)C(=O)Nc1ccc(OC)c(C#N)c1. The van der Waals surface area contributed by atoms with Crippen molar-refractivity contribution in [2.24, 2.45) is 0 Å². The van der Waals surface area contributed by atoms with Crippen molar-refractivity contribution in [3.63, 3.8) is 0 Å². The first-order valence-corrected chi connectivity index (χ1v) is 6.54. The molecular formula is C15H20N2O3. The molecule has 1 N–H and O–H groups in total. The van der Waals surface area contributed by atoms with Crippen LogP contribution in [-0.2, 0) is 9.53 Å². The van der Waals surface area contributed by atoms with E-state index in [1.54, 1.807) is 25.1 Å². The molecule has 0 fully saturated rings. The average molecular weight is 276 g/mol. The van der Waals surface area contributed by atoms with E-state index in [-0.39, 0.29) is 5.91 Å². The smallest absolute Gasteiger partial charge is 0.256 e. The van der Waals surface area contributed by atoms with Crippen molar-refractivity contribution in [1.82, 2.24) is 0 Å². The number of carbonyl (C=O) groups excluding carboxylic acids is 1. The van der Waals surface area contributed by atoms with Gasteiger partial charge in [-0.05, 0) is 38.5 Å². The summed E-state index contributed by atoms with van der Waals surface area (Å²) in [5, 5.41) is 11.8. The molecule has 0 saturated heterocycles. The number of benzene rings is 1. The van der Waals surface area contributed by atoms with Gasteiger partial charge in [-0.15, -0.1) is 0 Å². The number of methoxy groups -OCH3 is 1. The highest BCUT2D eigenvalue weighted by Gasteiger charge is 2.31. The zero-order chi connectivity index (χ0) is 15.2. The molecule has 108 valence electrons. The Hall–Kier alpha value is -2.06. The molecule has 0 spiro atoms. The lowest BCUT2D eigenvalue weighted by atomic mass is 10.0. The summed E-state index contributed by atoms with van der Waals surface area (Å²) in [6, 6.07) is 6.96. The molecule has 20 heavy (non-hydrogen) atoms. The third kappa shape index (κ3) is 3.49. The number of hydrogen-bond acceptors (Lipinski definition) is 4. The fourth-order valence-electron chi connectivity index (χ4n) is 1.78. The number of rotatable bonds is 6. The molecule has 0 aliphatic heterocycles. The summed E-state index contributed by atoms with van der Waals surface area (Å²) in [4.78, 5) is 12.3. The summed E-state index contributed by atoms with van der Waals surface area (Å²) in [5.41, 5.74) is 0.0493. The molecule has 0 heterocycles. The van der Waals surface area contributed by atoms with E-state index >= 15 is 0 Å². The zero-order valence-electron chi connectivity index (χ0n) is 12.3. The lowest BCUT2D eigenvalue weighted by molar-refractivity contribution is -0.139. The Kier molecular flexibility index (Phi) is 5.53. The van der Waals surface area contributed by atoms with Gasteiger partial charge in [0.1, 0.15) is 17.4 Å². The van der Waals surface area contributed by atoms with Crippen LogP contribution in [0.4, 0.5) is 5.69 Å². The van der Waals surface area contributed by atoms with Crippen molar-refractivity contribution in [1.29, 1.82) is 5.26 Å². The van der Waals surface area contributed by atoms with Crippen LogP contribution in [0.15, 0.2) is 18.2 Å². The van der Waals surface area contributed by atoms with E-state index in [2.05, 4.69) is 5.32 Å². The van der Waals surface area contributed by atoms with Gasteiger partial charge in [-0.2, -0.15) is 5.26 Å². The molecule has 0 bridgehead atoms. The normalized spacial score (nSPS) is 13.2. The van der Waals surface area contributed by atoms with E-state index in [4.69, 9.17) is 14.7 Å². The van der Waals surface area contributed by atoms with Crippen LogP contribution in [0.2, 0.25) is 0 Å². The first-order chi connectivity index (χ1) is 9.50. The van der Waals surface area contributed by atoms with Crippen LogP contribution in [0.5, 0.6) is 5.75 Å². The third-order valence-electron chi connectivity index (χ3n) is 3.20. The van der Waals surface area contributed by atoms with E-state index in [0.29, 0.717) is 30.0 Å². The van der Waals surface area contributed by atoms with Gasteiger partial charge in [-0.25, -0.2) is 0 Å². The second-order valence-corrected chi connectivity index (χ2v) is 4.50. The average Bonchev–Trinajstić information content (AvgIpc) is 2.47. The van der Waals surface area contributed by atoms with Gasteiger partial charge in [0.15, 0.2) is 0 Å². The van der Waals surface area contributed by atoms with Gasteiger partial charge < -0.3 is 14.8 Å². The van der Waals surface area contributed by atoms with Gasteiger partial charge in [-0.3, -0.25) is 4.79 Å². The fourth-order valence-corrected chi connectivity index (χ4v) is 1.78. The summed E-state index contributed by atoms with van der Waals surface area (Å²) in [7, 11) is 1.50. The molecule has 0 unspecified atom stereocenters. The van der Waals surface area contributed by atoms with Gasteiger partial charge in [-0.1, -0.05) is 6.92 Å². The molecule has 5 nitrogen and oxygen atoms in total. The predicted octanol–water partition coefficient (Wildman–Crippen LogP) is 2.71. The minimum absolute atomic E-state index is 0.226. The second-order valence-electron chi connectivity index (χ2n) is 4.50. The molecule has 1 amide bonds. The highest BCUT2D eigenvalue weighted by Crippen LogP contribution is 2.23. The Labute approximate surface area is 119 Å². The van der Waals surface area contributed by atoms with E-state index in [0.717, 1.165) is 0 Å². The van der Waals surface area contributed by atoms with Gasteiger partial charge in [0, 0.05) is 12.3 Å². The molecule has 0 aliphatic rings. The predicted molar refractivity (Wildman–Crippen MR) is 76.7 cm³/mol. The van der Waals surface area contributed by atoms with E-state index in [1.807, 2.05) is 19.9 Å². The molecule has 1 aromatic rings. The lowest BCUT2D eigenvalue weighted by Crippen LogP contribution is -2.42. The largest absolute Gasteiger partial charge is 0.495 e. The molecule has 1 rings (SSSR count). The molecular weight excluding hydrogens is 256 g/mol. The third-order valence-corrected chi connectivity index (χ3v) is 3.20. The lowest BCUT2D eigenvalue weighted by Gasteiger charge is -2.26. The van der Waals surface area contributed by atoms with Gasteiger partial charge in [0.05, 0.1) is 12.7 Å². The van der Waals surface area contributed by atoms with Crippen molar-refractivity contribution in [2.75, 3.05) is 19.0 Å². The molecule has 0 radical (unpaired) electrons. The Bertz CT molecular complexity index is 522. The van der Waals surface area contributed by atoms with Crippen LogP contribution in [0.3, 0.4) is 0 Å². The maximum Gasteiger partial charge on any atom is 0.256 e. The van der Waals surface area contributed by atoms with Crippen LogP contribution < -0.4 is 10.1 Å². The van der Waals surface area contributed by atoms with Crippen LogP contribution in [0, 0.1) is 11.3 Å². The summed E-state index contributed by atoms with van der Waals surface area (Å²) in [5.74, 6) is 0.254. The standard InChI is InChI=1S/C15H20N2O3/c1-5-15(3,20-6-2)14(18)17-12-7-8-13(19-4)11(9-12)10-16/h7-9H,5-6H2,1-4H3,(H,17,18)/t15-/m1/s1. The molecule has 0 aliphatic carbocycles. The van der Waals surface area contributed by atoms with Crippen LogP contribution in [-0.4, -0.2) is 25.2 Å². The fraction of sp³-hybridized carbons (Fsp3) is 0.467. The van der Waals surface area contributed by atoms with Crippen LogP contribution in [0.25, 0.3) is 0 Å². The highest BCUT2D eigenvalue weighted by molar-refractivity contribution is 5.97. The minimum Gasteiger partial charge on any atom is -0.495 e. The number of nitrogens with zero attached hydrogens (tertiary/aromatic N) is 1. The van der Waals surface area contributed by atoms with Gasteiger partial charge in [0.25, 0.3) is 5.91 Å².